The molecule has 0 aliphatic heterocycles. The molecule has 1 radical (unpaired) electrons. The van der Waals surface area contributed by atoms with Crippen LogP contribution in [0, 0.1) is 13.8 Å². The number of halogens is 3. The Morgan fingerprint density at radius 2 is 0.825 bits per heavy atom. The summed E-state index contributed by atoms with van der Waals surface area (Å²) in [5.74, 6) is 1.61. The van der Waals surface area contributed by atoms with Crippen molar-refractivity contribution in [1.82, 2.24) is 4.98 Å². The molecule has 0 amide bonds. The Bertz CT molecular complexity index is 1130. The number of aromatic nitrogens is 1. The molecular formula is C33H43Cl3FeN3. The van der Waals surface area contributed by atoms with Crippen LogP contribution in [0.2, 0.25) is 0 Å². The number of benzene rings is 2. The maximum atomic E-state index is 4.97. The van der Waals surface area contributed by atoms with Gasteiger partial charge in [-0.3, -0.25) is 9.98 Å². The molecule has 0 unspecified atom stereocenters. The van der Waals surface area contributed by atoms with E-state index in [0.29, 0.717) is 23.7 Å². The van der Waals surface area contributed by atoms with Crippen LogP contribution in [0.1, 0.15) is 124 Å². The van der Waals surface area contributed by atoms with Crippen molar-refractivity contribution in [3.05, 3.63) is 87.2 Å². The summed E-state index contributed by atoms with van der Waals surface area (Å²) in [6.07, 6.45) is 3.79. The van der Waals surface area contributed by atoms with E-state index in [9.17, 15) is 0 Å². The van der Waals surface area contributed by atoms with E-state index in [4.69, 9.17) is 15.0 Å². The first kappa shape index (κ1) is 40.5. The van der Waals surface area contributed by atoms with Crippen LogP contribution in [-0.2, 0) is 17.1 Å². The first-order chi connectivity index (χ1) is 17.0. The van der Waals surface area contributed by atoms with Gasteiger partial charge in [-0.15, -0.1) is 0 Å². The van der Waals surface area contributed by atoms with Crippen molar-refractivity contribution in [1.29, 1.82) is 0 Å². The van der Waals surface area contributed by atoms with Crippen molar-refractivity contribution in [3.63, 3.8) is 0 Å². The maximum absolute atomic E-state index is 4.97. The monoisotopic (exact) mass is 642 g/mol. The fraction of sp³-hybridized carbons (Fsp3) is 0.424. The molecule has 7 heteroatoms. The molecule has 1 aromatic heterocycles. The Balaban J connectivity index is 0. The Kier molecular flexibility index (Phi) is 18.2. The predicted octanol–water partition coefficient (Wildman–Crippen LogP) is 0.703. The summed E-state index contributed by atoms with van der Waals surface area (Å²) in [6.45, 7) is 22.2. The van der Waals surface area contributed by atoms with Gasteiger partial charge in [0.05, 0.1) is 35.2 Å². The quantitative estimate of drug-likeness (QED) is 0.263. The van der Waals surface area contributed by atoms with Gasteiger partial charge in [-0.05, 0) is 71.9 Å². The largest absolute Gasteiger partial charge is 3.00 e. The number of rotatable bonds is 8. The fourth-order valence-electron chi connectivity index (χ4n) is 4.60. The van der Waals surface area contributed by atoms with Gasteiger partial charge in [0.1, 0.15) is 0 Å². The molecule has 0 aliphatic rings. The average molecular weight is 644 g/mol. The van der Waals surface area contributed by atoms with Crippen LogP contribution in [0.4, 0.5) is 11.4 Å². The van der Waals surface area contributed by atoms with Crippen molar-refractivity contribution < 1.29 is 54.3 Å². The molecule has 40 heavy (non-hydrogen) atoms. The van der Waals surface area contributed by atoms with Gasteiger partial charge in [-0.1, -0.05) is 96.8 Å². The first-order valence-corrected chi connectivity index (χ1v) is 13.3. The fourth-order valence-corrected chi connectivity index (χ4v) is 4.60. The molecule has 0 spiro atoms. The molecule has 0 aliphatic carbocycles. The van der Waals surface area contributed by atoms with Crippen LogP contribution in [0.25, 0.3) is 0 Å². The summed E-state index contributed by atoms with van der Waals surface area (Å²) >= 11 is 0. The second kappa shape index (κ2) is 18.0. The SMILES string of the molecule is Cc1cc(C(C)C)c(N=Cc2cccc(C=Nc3c(C(C)C)cc(C)cc3C(C)C)n2)c(C(C)C)c1.[Cl-].[Cl-].[Cl-].[Fe+3]. The van der Waals surface area contributed by atoms with Gasteiger partial charge in [0.15, 0.2) is 0 Å². The summed E-state index contributed by atoms with van der Waals surface area (Å²) in [7, 11) is 0. The molecule has 219 valence electrons. The van der Waals surface area contributed by atoms with E-state index in [1.165, 1.54) is 33.4 Å². The molecule has 1 heterocycles. The topological polar surface area (TPSA) is 37.6 Å². The van der Waals surface area contributed by atoms with Crippen LogP contribution in [0.5, 0.6) is 0 Å². The summed E-state index contributed by atoms with van der Waals surface area (Å²) in [5.41, 5.74) is 11.5. The molecular weight excluding hydrogens is 601 g/mol. The Hall–Kier alpha value is -1.68. The minimum atomic E-state index is 0. The zero-order valence-corrected chi connectivity index (χ0v) is 28.7. The zero-order valence-electron chi connectivity index (χ0n) is 25.3. The molecule has 0 saturated carbocycles. The third-order valence-electron chi connectivity index (χ3n) is 6.56. The van der Waals surface area contributed by atoms with Gasteiger partial charge in [0.2, 0.25) is 0 Å². The van der Waals surface area contributed by atoms with E-state index >= 15 is 0 Å². The maximum Gasteiger partial charge on any atom is 3.00 e. The number of hydrogen-bond acceptors (Lipinski definition) is 3. The second-order valence-corrected chi connectivity index (χ2v) is 11.2. The molecule has 0 N–H and O–H groups in total. The van der Waals surface area contributed by atoms with Gasteiger partial charge in [0.25, 0.3) is 0 Å². The summed E-state index contributed by atoms with van der Waals surface area (Å²) in [5, 5.41) is 0. The number of nitrogens with zero attached hydrogens (tertiary/aromatic N) is 3. The van der Waals surface area contributed by atoms with Gasteiger partial charge in [0, 0.05) is 0 Å². The van der Waals surface area contributed by atoms with Crippen molar-refractivity contribution in [3.8, 4) is 0 Å². The second-order valence-electron chi connectivity index (χ2n) is 11.2. The van der Waals surface area contributed by atoms with Crippen LogP contribution in [0.3, 0.4) is 0 Å². The van der Waals surface area contributed by atoms with E-state index in [1.807, 2.05) is 30.6 Å². The van der Waals surface area contributed by atoms with Crippen molar-refractivity contribution >= 4 is 23.8 Å². The Labute approximate surface area is 271 Å². The normalized spacial score (nSPS) is 11.2. The van der Waals surface area contributed by atoms with Gasteiger partial charge >= 0.3 is 17.1 Å². The first-order valence-electron chi connectivity index (χ1n) is 13.3. The van der Waals surface area contributed by atoms with Crippen LogP contribution in [-0.4, -0.2) is 17.4 Å². The third-order valence-corrected chi connectivity index (χ3v) is 6.56. The summed E-state index contributed by atoms with van der Waals surface area (Å²) < 4.78 is 0. The number of aliphatic imine (C=N–C) groups is 2. The standard InChI is InChI=1S/C33H43N3.3ClH.Fe/c1-20(2)28-14-24(9)15-29(21(3)4)32(28)34-18-26-12-11-13-27(36-26)19-35-33-30(22(5)6)16-25(10)17-31(33)23(7)8;;;;/h11-23H,1-10H3;3*1H;/q;;;;+3/p-3. The van der Waals surface area contributed by atoms with Crippen molar-refractivity contribution in [2.75, 3.05) is 0 Å². The number of aryl methyl sites for hydroxylation is 2. The summed E-state index contributed by atoms with van der Waals surface area (Å²) in [6, 6.07) is 15.1. The molecule has 2 aromatic carbocycles. The van der Waals surface area contributed by atoms with E-state index in [1.54, 1.807) is 0 Å². The van der Waals surface area contributed by atoms with Crippen molar-refractivity contribution in [2.45, 2.75) is 92.9 Å². The molecule has 3 aromatic rings. The predicted molar refractivity (Wildman–Crippen MR) is 157 cm³/mol. The van der Waals surface area contributed by atoms with Crippen LogP contribution < -0.4 is 37.2 Å². The van der Waals surface area contributed by atoms with E-state index < -0.39 is 0 Å². The molecule has 0 saturated heterocycles. The Morgan fingerprint density at radius 3 is 1.07 bits per heavy atom. The van der Waals surface area contributed by atoms with E-state index in [2.05, 4.69) is 93.5 Å². The third kappa shape index (κ3) is 10.3. The molecule has 0 fully saturated rings. The van der Waals surface area contributed by atoms with Crippen LogP contribution in [0.15, 0.2) is 52.4 Å². The minimum absolute atomic E-state index is 0. The summed E-state index contributed by atoms with van der Waals surface area (Å²) in [4.78, 5) is 14.8. The number of hydrogen-bond donors (Lipinski definition) is 0. The van der Waals surface area contributed by atoms with E-state index in [0.717, 1.165) is 22.8 Å². The average Bonchev–Trinajstić information content (AvgIpc) is 2.81. The minimum Gasteiger partial charge on any atom is -1.00 e. The zero-order chi connectivity index (χ0) is 26.6. The van der Waals surface area contributed by atoms with Crippen LogP contribution >= 0.6 is 0 Å². The van der Waals surface area contributed by atoms with E-state index in [-0.39, 0.29) is 54.3 Å². The Morgan fingerprint density at radius 1 is 0.550 bits per heavy atom. The molecule has 3 nitrogen and oxygen atoms in total. The van der Waals surface area contributed by atoms with Crippen molar-refractivity contribution in [2.24, 2.45) is 9.98 Å². The van der Waals surface area contributed by atoms with Gasteiger partial charge in [-0.25, -0.2) is 4.98 Å². The smallest absolute Gasteiger partial charge is 1.00 e. The molecule has 0 atom stereocenters. The van der Waals surface area contributed by atoms with Gasteiger partial charge < -0.3 is 37.2 Å². The molecule has 3 rings (SSSR count). The number of pyridine rings is 1. The van der Waals surface area contributed by atoms with Gasteiger partial charge in [-0.2, -0.15) is 0 Å². The molecule has 0 bridgehead atoms.